The van der Waals surface area contributed by atoms with Crippen LogP contribution in [0.1, 0.15) is 0 Å². The molecule has 4 rings (SSSR count). The maximum absolute atomic E-state index is 12.4. The number of aromatic nitrogens is 2. The first-order chi connectivity index (χ1) is 10.5. The van der Waals surface area contributed by atoms with E-state index in [9.17, 15) is 13.2 Å². The molecule has 0 aliphatic carbocycles. The van der Waals surface area contributed by atoms with Crippen molar-refractivity contribution >= 4 is 27.6 Å². The molecule has 22 heavy (non-hydrogen) atoms. The van der Waals surface area contributed by atoms with Crippen LogP contribution in [0.5, 0.6) is 5.75 Å². The maximum atomic E-state index is 12.4. The lowest BCUT2D eigenvalue weighted by Gasteiger charge is -2.09. The first-order valence-electron chi connectivity index (χ1n) is 6.57. The lowest BCUT2D eigenvalue weighted by Crippen LogP contribution is -2.17. The largest absolute Gasteiger partial charge is 0.573 e. The van der Waals surface area contributed by atoms with E-state index >= 15 is 0 Å². The molecule has 0 atom stereocenters. The minimum Gasteiger partial charge on any atom is -0.406 e. The number of hydrogen-bond acceptors (Lipinski definition) is 2. The zero-order valence-electron chi connectivity index (χ0n) is 11.1. The molecule has 0 radical (unpaired) electrons. The van der Waals surface area contributed by atoms with Crippen molar-refractivity contribution in [3.05, 3.63) is 54.6 Å². The zero-order chi connectivity index (χ0) is 15.3. The summed E-state index contributed by atoms with van der Waals surface area (Å²) in [7, 11) is 0. The smallest absolute Gasteiger partial charge is 0.406 e. The standard InChI is InChI=1S/C16H9F3N2O/c17-16(18,19)22-11-6-7-12-14(9-11)21-13-4-2-1-3-10(13)5-8-15(21)20-12/h1-9H. The van der Waals surface area contributed by atoms with Gasteiger partial charge in [-0.25, -0.2) is 4.98 Å². The summed E-state index contributed by atoms with van der Waals surface area (Å²) >= 11 is 0. The van der Waals surface area contributed by atoms with Crippen LogP contribution in [0.25, 0.3) is 27.6 Å². The van der Waals surface area contributed by atoms with Gasteiger partial charge in [0.05, 0.1) is 16.6 Å². The summed E-state index contributed by atoms with van der Waals surface area (Å²) in [6, 6.07) is 15.6. The number of rotatable bonds is 1. The Labute approximate surface area is 122 Å². The van der Waals surface area contributed by atoms with Gasteiger partial charge in [-0.05, 0) is 35.7 Å². The maximum Gasteiger partial charge on any atom is 0.573 e. The Morgan fingerprint density at radius 2 is 1.73 bits per heavy atom. The van der Waals surface area contributed by atoms with E-state index in [0.717, 1.165) is 10.9 Å². The third-order valence-electron chi connectivity index (χ3n) is 3.48. The van der Waals surface area contributed by atoms with E-state index in [1.54, 1.807) is 0 Å². The number of pyridine rings is 1. The molecule has 0 bridgehead atoms. The average molecular weight is 302 g/mol. The van der Waals surface area contributed by atoms with Gasteiger partial charge in [0.15, 0.2) is 0 Å². The van der Waals surface area contributed by atoms with Crippen molar-refractivity contribution in [2.45, 2.75) is 6.36 Å². The second-order valence-electron chi connectivity index (χ2n) is 4.90. The summed E-state index contributed by atoms with van der Waals surface area (Å²) in [6.07, 6.45) is -4.71. The van der Waals surface area contributed by atoms with Crippen LogP contribution < -0.4 is 4.74 Å². The third-order valence-corrected chi connectivity index (χ3v) is 3.48. The van der Waals surface area contributed by atoms with Gasteiger partial charge >= 0.3 is 6.36 Å². The van der Waals surface area contributed by atoms with E-state index in [1.165, 1.54) is 18.2 Å². The van der Waals surface area contributed by atoms with E-state index < -0.39 is 6.36 Å². The summed E-state index contributed by atoms with van der Waals surface area (Å²) < 4.78 is 43.0. The van der Waals surface area contributed by atoms with Crippen LogP contribution >= 0.6 is 0 Å². The zero-order valence-corrected chi connectivity index (χ0v) is 11.1. The van der Waals surface area contributed by atoms with Gasteiger partial charge in [0.1, 0.15) is 11.4 Å². The molecule has 0 fully saturated rings. The minimum atomic E-state index is -4.71. The summed E-state index contributed by atoms with van der Waals surface area (Å²) in [5, 5.41) is 0.983. The normalized spacial score (nSPS) is 12.3. The van der Waals surface area contributed by atoms with Crippen molar-refractivity contribution in [3.8, 4) is 5.75 Å². The summed E-state index contributed by atoms with van der Waals surface area (Å²) in [5.74, 6) is -0.255. The number of nitrogens with zero attached hydrogens (tertiary/aromatic N) is 2. The Kier molecular flexibility index (Phi) is 2.57. The average Bonchev–Trinajstić information content (AvgIpc) is 2.84. The van der Waals surface area contributed by atoms with Gasteiger partial charge < -0.3 is 4.74 Å². The van der Waals surface area contributed by atoms with Crippen LogP contribution in [0.3, 0.4) is 0 Å². The molecular weight excluding hydrogens is 293 g/mol. The number of ether oxygens (including phenoxy) is 1. The van der Waals surface area contributed by atoms with Crippen molar-refractivity contribution in [2.24, 2.45) is 0 Å². The first-order valence-corrected chi connectivity index (χ1v) is 6.57. The highest BCUT2D eigenvalue weighted by Gasteiger charge is 2.31. The topological polar surface area (TPSA) is 26.5 Å². The molecule has 2 aromatic heterocycles. The predicted octanol–water partition coefficient (Wildman–Crippen LogP) is 4.54. The fourth-order valence-corrected chi connectivity index (χ4v) is 2.63. The van der Waals surface area contributed by atoms with Crippen molar-refractivity contribution in [3.63, 3.8) is 0 Å². The van der Waals surface area contributed by atoms with Gasteiger partial charge in [-0.1, -0.05) is 18.2 Å². The van der Waals surface area contributed by atoms with Crippen LogP contribution in [-0.4, -0.2) is 15.7 Å². The van der Waals surface area contributed by atoms with Crippen molar-refractivity contribution < 1.29 is 17.9 Å². The van der Waals surface area contributed by atoms with Gasteiger partial charge in [-0.3, -0.25) is 4.40 Å². The highest BCUT2D eigenvalue weighted by atomic mass is 19.4. The van der Waals surface area contributed by atoms with Crippen LogP contribution in [0.4, 0.5) is 13.2 Å². The Morgan fingerprint density at radius 3 is 2.55 bits per heavy atom. The molecule has 2 aromatic carbocycles. The molecule has 0 aliphatic heterocycles. The highest BCUT2D eigenvalue weighted by Crippen LogP contribution is 2.29. The molecular formula is C16H9F3N2O. The van der Waals surface area contributed by atoms with E-state index in [0.29, 0.717) is 16.7 Å². The number of para-hydroxylation sites is 1. The molecule has 6 heteroatoms. The Bertz CT molecular complexity index is 1000. The fraction of sp³-hybridized carbons (Fsp3) is 0.0625. The number of fused-ring (bicyclic) bond motifs is 5. The number of hydrogen-bond donors (Lipinski definition) is 0. The van der Waals surface area contributed by atoms with E-state index in [2.05, 4.69) is 9.72 Å². The Morgan fingerprint density at radius 1 is 0.909 bits per heavy atom. The molecule has 4 aromatic rings. The van der Waals surface area contributed by atoms with E-state index in [1.807, 2.05) is 40.8 Å². The SMILES string of the molecule is FC(F)(F)Oc1ccc2nc3ccc4ccccc4n3c2c1. The molecule has 2 heterocycles. The monoisotopic (exact) mass is 302 g/mol. The molecule has 0 amide bonds. The highest BCUT2D eigenvalue weighted by molar-refractivity contribution is 5.91. The van der Waals surface area contributed by atoms with Crippen LogP contribution in [0.2, 0.25) is 0 Å². The van der Waals surface area contributed by atoms with Crippen molar-refractivity contribution in [2.75, 3.05) is 0 Å². The summed E-state index contributed by atoms with van der Waals surface area (Å²) in [5.41, 5.74) is 2.75. The number of halogens is 3. The molecule has 0 saturated carbocycles. The molecule has 0 aliphatic rings. The molecule has 110 valence electrons. The molecule has 0 unspecified atom stereocenters. The second-order valence-corrected chi connectivity index (χ2v) is 4.90. The summed E-state index contributed by atoms with van der Waals surface area (Å²) in [6.45, 7) is 0. The van der Waals surface area contributed by atoms with Gasteiger partial charge in [0.25, 0.3) is 0 Å². The molecule has 3 nitrogen and oxygen atoms in total. The number of alkyl halides is 3. The molecule has 0 N–H and O–H groups in total. The lowest BCUT2D eigenvalue weighted by atomic mass is 10.2. The van der Waals surface area contributed by atoms with Crippen LogP contribution in [0.15, 0.2) is 54.6 Å². The summed E-state index contributed by atoms with van der Waals surface area (Å²) in [4.78, 5) is 4.43. The molecule has 0 saturated heterocycles. The first kappa shape index (κ1) is 12.9. The Balaban J connectivity index is 2.05. The fourth-order valence-electron chi connectivity index (χ4n) is 2.63. The van der Waals surface area contributed by atoms with Crippen LogP contribution in [-0.2, 0) is 0 Å². The van der Waals surface area contributed by atoms with Crippen molar-refractivity contribution in [1.82, 2.24) is 9.38 Å². The number of benzene rings is 2. The van der Waals surface area contributed by atoms with Gasteiger partial charge in [0.2, 0.25) is 0 Å². The molecule has 0 spiro atoms. The number of imidazole rings is 1. The minimum absolute atomic E-state index is 0.255. The van der Waals surface area contributed by atoms with E-state index in [4.69, 9.17) is 0 Å². The lowest BCUT2D eigenvalue weighted by molar-refractivity contribution is -0.274. The van der Waals surface area contributed by atoms with E-state index in [-0.39, 0.29) is 5.75 Å². The van der Waals surface area contributed by atoms with Gasteiger partial charge in [0, 0.05) is 6.07 Å². The quantitative estimate of drug-likeness (QED) is 0.516. The van der Waals surface area contributed by atoms with Gasteiger partial charge in [-0.2, -0.15) is 0 Å². The van der Waals surface area contributed by atoms with Gasteiger partial charge in [-0.15, -0.1) is 13.2 Å². The third kappa shape index (κ3) is 2.04. The second kappa shape index (κ2) is 4.37. The van der Waals surface area contributed by atoms with Crippen molar-refractivity contribution in [1.29, 1.82) is 0 Å². The van der Waals surface area contributed by atoms with Crippen LogP contribution in [0, 0.1) is 0 Å². The predicted molar refractivity (Wildman–Crippen MR) is 76.9 cm³/mol. The Hall–Kier alpha value is -2.76.